The highest BCUT2D eigenvalue weighted by atomic mass is 14.7. The maximum absolute atomic E-state index is 5.21. The SMILES string of the molecule is CC1(C)c2ccccc2-c2cc(-c3ccc(-c4cccc(-c5cc(C6=CCCC=C6)nc(-c6ccccc6)c5)c4C4=CC=CCC4)cc3)ccc21. The standard InChI is InChI=1S/C50H41N/c1-50(2)45-24-13-12-21-43(45)44-31-39(29-30-46(44)50)34-25-27-35(28-26-34)41-22-14-23-42(49(41)38-19-10-5-11-20-38)40-32-47(36-15-6-3-7-16-36)51-48(33-40)37-17-8-4-9-18-37/h3,5-8,10,12-19,21-33H,4,9,11,20H2,1-2H3. The van der Waals surface area contributed by atoms with Crippen molar-refractivity contribution in [3.05, 3.63) is 186 Å². The number of hydrogen-bond acceptors (Lipinski definition) is 1. The van der Waals surface area contributed by atoms with E-state index < -0.39 is 0 Å². The normalized spacial score (nSPS) is 15.6. The Kier molecular flexibility index (Phi) is 7.85. The molecule has 0 atom stereocenters. The Morgan fingerprint density at radius 2 is 1.22 bits per heavy atom. The first-order valence-corrected chi connectivity index (χ1v) is 18.3. The van der Waals surface area contributed by atoms with Gasteiger partial charge in [0.1, 0.15) is 0 Å². The summed E-state index contributed by atoms with van der Waals surface area (Å²) in [6, 6.07) is 47.1. The molecule has 1 heteroatoms. The first-order chi connectivity index (χ1) is 25.0. The largest absolute Gasteiger partial charge is 0.248 e. The summed E-state index contributed by atoms with van der Waals surface area (Å²) >= 11 is 0. The van der Waals surface area contributed by atoms with Crippen LogP contribution in [0.3, 0.4) is 0 Å². The van der Waals surface area contributed by atoms with E-state index in [1.807, 2.05) is 0 Å². The molecule has 3 aliphatic rings. The molecule has 3 aliphatic carbocycles. The molecule has 1 nitrogen and oxygen atoms in total. The van der Waals surface area contributed by atoms with Crippen LogP contribution in [0.1, 0.15) is 61.9 Å². The van der Waals surface area contributed by atoms with Gasteiger partial charge in [-0.05, 0) is 116 Å². The molecule has 0 bridgehead atoms. The Bertz CT molecular complexity index is 2410. The van der Waals surface area contributed by atoms with Gasteiger partial charge >= 0.3 is 0 Å². The highest BCUT2D eigenvalue weighted by Crippen LogP contribution is 2.49. The lowest BCUT2D eigenvalue weighted by Crippen LogP contribution is -2.14. The molecule has 246 valence electrons. The van der Waals surface area contributed by atoms with E-state index in [9.17, 15) is 0 Å². The van der Waals surface area contributed by atoms with Crippen LogP contribution < -0.4 is 0 Å². The summed E-state index contributed by atoms with van der Waals surface area (Å²) in [6.07, 6.45) is 17.8. The second kappa shape index (κ2) is 12.8. The van der Waals surface area contributed by atoms with Crippen LogP contribution in [0.4, 0.5) is 0 Å². The fraction of sp³-hybridized carbons (Fsp3) is 0.140. The lowest BCUT2D eigenvalue weighted by atomic mass is 9.82. The van der Waals surface area contributed by atoms with E-state index in [1.54, 1.807) is 0 Å². The third-order valence-corrected chi connectivity index (χ3v) is 11.0. The topological polar surface area (TPSA) is 12.9 Å². The van der Waals surface area contributed by atoms with Crippen LogP contribution in [-0.4, -0.2) is 4.98 Å². The van der Waals surface area contributed by atoms with E-state index in [-0.39, 0.29) is 5.41 Å². The van der Waals surface area contributed by atoms with Gasteiger partial charge in [-0.15, -0.1) is 0 Å². The Labute approximate surface area is 302 Å². The van der Waals surface area contributed by atoms with Crippen molar-refractivity contribution in [3.63, 3.8) is 0 Å². The molecule has 0 saturated heterocycles. The van der Waals surface area contributed by atoms with Crippen LogP contribution in [0.5, 0.6) is 0 Å². The molecule has 0 aliphatic heterocycles. The van der Waals surface area contributed by atoms with Gasteiger partial charge < -0.3 is 0 Å². The minimum absolute atomic E-state index is 0.0141. The van der Waals surface area contributed by atoms with Crippen LogP contribution >= 0.6 is 0 Å². The number of hydrogen-bond donors (Lipinski definition) is 0. The van der Waals surface area contributed by atoms with Gasteiger partial charge in [0.2, 0.25) is 0 Å². The summed E-state index contributed by atoms with van der Waals surface area (Å²) in [5.41, 5.74) is 20.0. The van der Waals surface area contributed by atoms with Crippen LogP contribution in [-0.2, 0) is 5.41 Å². The predicted octanol–water partition coefficient (Wildman–Crippen LogP) is 13.5. The minimum atomic E-state index is 0.0141. The first kappa shape index (κ1) is 31.2. The molecule has 1 heterocycles. The second-order valence-electron chi connectivity index (χ2n) is 14.5. The first-order valence-electron chi connectivity index (χ1n) is 18.3. The van der Waals surface area contributed by atoms with E-state index in [2.05, 4.69) is 178 Å². The van der Waals surface area contributed by atoms with Crippen LogP contribution in [0.25, 0.3) is 66.9 Å². The molecule has 0 amide bonds. The van der Waals surface area contributed by atoms with Crippen molar-refractivity contribution < 1.29 is 0 Å². The molecule has 0 unspecified atom stereocenters. The van der Waals surface area contributed by atoms with Gasteiger partial charge in [-0.2, -0.15) is 0 Å². The van der Waals surface area contributed by atoms with E-state index in [0.29, 0.717) is 0 Å². The number of nitrogens with zero attached hydrogens (tertiary/aromatic N) is 1. The Morgan fingerprint density at radius 3 is 2.00 bits per heavy atom. The van der Waals surface area contributed by atoms with Crippen molar-refractivity contribution in [2.75, 3.05) is 0 Å². The van der Waals surface area contributed by atoms with Crippen molar-refractivity contribution in [2.45, 2.75) is 44.9 Å². The average molecular weight is 656 g/mol. The number of rotatable bonds is 6. The van der Waals surface area contributed by atoms with Crippen LogP contribution in [0.2, 0.25) is 0 Å². The van der Waals surface area contributed by atoms with Crippen molar-refractivity contribution >= 4 is 11.1 Å². The van der Waals surface area contributed by atoms with Gasteiger partial charge in [0.15, 0.2) is 0 Å². The fourth-order valence-electron chi connectivity index (χ4n) is 8.33. The fourth-order valence-corrected chi connectivity index (χ4v) is 8.33. The summed E-state index contributed by atoms with van der Waals surface area (Å²) in [5.74, 6) is 0. The molecule has 0 spiro atoms. The van der Waals surface area contributed by atoms with E-state index >= 15 is 0 Å². The van der Waals surface area contributed by atoms with Gasteiger partial charge in [-0.1, -0.05) is 159 Å². The van der Waals surface area contributed by atoms with Crippen molar-refractivity contribution in [1.82, 2.24) is 4.98 Å². The molecule has 9 rings (SSSR count). The van der Waals surface area contributed by atoms with Crippen LogP contribution in [0, 0.1) is 0 Å². The predicted molar refractivity (Wildman–Crippen MR) is 216 cm³/mol. The lowest BCUT2D eigenvalue weighted by molar-refractivity contribution is 0.660. The van der Waals surface area contributed by atoms with E-state index in [1.165, 1.54) is 72.3 Å². The molecule has 0 N–H and O–H groups in total. The third kappa shape index (κ3) is 5.64. The summed E-state index contributed by atoms with van der Waals surface area (Å²) in [6.45, 7) is 4.68. The highest BCUT2D eigenvalue weighted by molar-refractivity contribution is 5.94. The molecular formula is C50H41N. The van der Waals surface area contributed by atoms with E-state index in [0.717, 1.165) is 42.6 Å². The van der Waals surface area contributed by atoms with Crippen LogP contribution in [0.15, 0.2) is 164 Å². The zero-order chi connectivity index (χ0) is 34.4. The van der Waals surface area contributed by atoms with Gasteiger partial charge in [-0.3, -0.25) is 0 Å². The number of fused-ring (bicyclic) bond motifs is 3. The molecule has 0 radical (unpaired) electrons. The van der Waals surface area contributed by atoms with Gasteiger partial charge in [0.05, 0.1) is 11.4 Å². The quantitative estimate of drug-likeness (QED) is 0.174. The molecule has 5 aromatic carbocycles. The molecule has 6 aromatic rings. The molecule has 51 heavy (non-hydrogen) atoms. The minimum Gasteiger partial charge on any atom is -0.248 e. The molecule has 0 saturated carbocycles. The maximum atomic E-state index is 5.21. The maximum Gasteiger partial charge on any atom is 0.0715 e. The van der Waals surface area contributed by atoms with Gasteiger partial charge in [0, 0.05) is 11.0 Å². The summed E-state index contributed by atoms with van der Waals surface area (Å²) in [5, 5.41) is 0. The summed E-state index contributed by atoms with van der Waals surface area (Å²) in [7, 11) is 0. The Morgan fingerprint density at radius 1 is 0.510 bits per heavy atom. The van der Waals surface area contributed by atoms with Gasteiger partial charge in [-0.25, -0.2) is 4.98 Å². The number of pyridine rings is 1. The number of allylic oxidation sites excluding steroid dienone is 8. The highest BCUT2D eigenvalue weighted by Gasteiger charge is 2.35. The smallest absolute Gasteiger partial charge is 0.0715 e. The van der Waals surface area contributed by atoms with Crippen molar-refractivity contribution in [2.24, 2.45) is 0 Å². The van der Waals surface area contributed by atoms with Crippen molar-refractivity contribution in [3.8, 4) is 55.8 Å². The Balaban J connectivity index is 1.16. The van der Waals surface area contributed by atoms with Crippen molar-refractivity contribution in [1.29, 1.82) is 0 Å². The summed E-state index contributed by atoms with van der Waals surface area (Å²) in [4.78, 5) is 5.21. The monoisotopic (exact) mass is 655 g/mol. The second-order valence-corrected chi connectivity index (χ2v) is 14.5. The third-order valence-electron chi connectivity index (χ3n) is 11.0. The molecule has 0 fully saturated rings. The zero-order valence-corrected chi connectivity index (χ0v) is 29.4. The lowest BCUT2D eigenvalue weighted by Gasteiger charge is -2.21. The number of aromatic nitrogens is 1. The zero-order valence-electron chi connectivity index (χ0n) is 29.4. The average Bonchev–Trinajstić information content (AvgIpc) is 3.44. The summed E-state index contributed by atoms with van der Waals surface area (Å²) < 4.78 is 0. The van der Waals surface area contributed by atoms with E-state index in [4.69, 9.17) is 4.98 Å². The Hall–Kier alpha value is -5.79. The van der Waals surface area contributed by atoms with Gasteiger partial charge in [0.25, 0.3) is 0 Å². The number of benzene rings is 5. The molecular weight excluding hydrogens is 615 g/mol. The molecule has 1 aromatic heterocycles.